The topological polar surface area (TPSA) is 56.1 Å². The van der Waals surface area contributed by atoms with Gasteiger partial charge in [0, 0.05) is 11.8 Å². The number of nitrogens with one attached hydrogen (secondary N) is 1. The molecule has 2 aromatic carbocycles. The van der Waals surface area contributed by atoms with Gasteiger partial charge in [-0.1, -0.05) is 42.8 Å². The summed E-state index contributed by atoms with van der Waals surface area (Å²) in [6.07, 6.45) is -3.81. The minimum Gasteiger partial charge on any atom is -0.467 e. The van der Waals surface area contributed by atoms with Crippen molar-refractivity contribution in [2.45, 2.75) is 19.5 Å². The summed E-state index contributed by atoms with van der Waals surface area (Å²) in [5.74, 6) is -0.767. The Kier molecular flexibility index (Phi) is 6.12. The van der Waals surface area contributed by atoms with E-state index in [9.17, 15) is 18.0 Å². The second-order valence-corrected chi connectivity index (χ2v) is 6.52. The zero-order valence-electron chi connectivity index (χ0n) is 15.3. The average Bonchev–Trinajstić information content (AvgIpc) is 3.12. The number of aryl methyl sites for hydroxylation is 1. The lowest BCUT2D eigenvalue weighted by molar-refractivity contribution is -0.141. The van der Waals surface area contributed by atoms with Crippen molar-refractivity contribution in [2.24, 2.45) is 0 Å². The maximum atomic E-state index is 13.1. The van der Waals surface area contributed by atoms with Gasteiger partial charge in [-0.15, -0.1) is 0 Å². The van der Waals surface area contributed by atoms with Gasteiger partial charge in [0.1, 0.15) is 0 Å². The van der Waals surface area contributed by atoms with E-state index >= 15 is 0 Å². The molecule has 5 nitrogen and oxygen atoms in total. The summed E-state index contributed by atoms with van der Waals surface area (Å²) in [6.45, 7) is 1.52. The van der Waals surface area contributed by atoms with Gasteiger partial charge in [-0.2, -0.15) is 23.0 Å². The van der Waals surface area contributed by atoms with Gasteiger partial charge in [0.25, 0.3) is 5.91 Å². The maximum absolute atomic E-state index is 13.1. The molecular weight excluding hydrogens is 407 g/mol. The SMILES string of the molecule is CCc1ccc(NC(=O)COc2cc(C(F)(F)F)nn2-c2ccccc2Cl)cc1. The standard InChI is InChI=1S/C20H17ClF3N3O2/c1-2-13-7-9-14(10-8-13)25-18(28)12-29-19-11-17(20(22,23)24)26-27(19)16-6-4-3-5-15(16)21/h3-11H,2,12H2,1H3,(H,25,28). The second-order valence-electron chi connectivity index (χ2n) is 6.12. The van der Waals surface area contributed by atoms with Crippen LogP contribution in [0.5, 0.6) is 5.88 Å². The van der Waals surface area contributed by atoms with Crippen LogP contribution in [-0.4, -0.2) is 22.3 Å². The molecule has 0 fully saturated rings. The number of aromatic nitrogens is 2. The zero-order valence-corrected chi connectivity index (χ0v) is 16.1. The van der Waals surface area contributed by atoms with E-state index in [1.54, 1.807) is 24.3 Å². The highest BCUT2D eigenvalue weighted by atomic mass is 35.5. The molecule has 0 aliphatic rings. The summed E-state index contributed by atoms with van der Waals surface area (Å²) in [5.41, 5.74) is 0.729. The highest BCUT2D eigenvalue weighted by Crippen LogP contribution is 2.33. The monoisotopic (exact) mass is 423 g/mol. The van der Waals surface area contributed by atoms with E-state index in [2.05, 4.69) is 10.4 Å². The third-order valence-corrected chi connectivity index (χ3v) is 4.36. The first-order chi connectivity index (χ1) is 13.8. The number of carbonyl (C=O) groups is 1. The van der Waals surface area contributed by atoms with Crippen LogP contribution >= 0.6 is 11.6 Å². The molecule has 29 heavy (non-hydrogen) atoms. The van der Waals surface area contributed by atoms with Crippen molar-refractivity contribution in [1.29, 1.82) is 0 Å². The fourth-order valence-electron chi connectivity index (χ4n) is 2.56. The summed E-state index contributed by atoms with van der Waals surface area (Å²) < 4.78 is 45.6. The van der Waals surface area contributed by atoms with Gasteiger partial charge in [0.15, 0.2) is 12.3 Å². The highest BCUT2D eigenvalue weighted by Gasteiger charge is 2.36. The number of hydrogen-bond acceptors (Lipinski definition) is 3. The number of rotatable bonds is 6. The van der Waals surface area contributed by atoms with Crippen LogP contribution in [0.15, 0.2) is 54.6 Å². The van der Waals surface area contributed by atoms with Gasteiger partial charge < -0.3 is 10.1 Å². The summed E-state index contributed by atoms with van der Waals surface area (Å²) in [7, 11) is 0. The molecule has 0 saturated heterocycles. The molecule has 1 N–H and O–H groups in total. The predicted octanol–water partition coefficient (Wildman–Crippen LogP) is 5.12. The molecule has 1 amide bonds. The predicted molar refractivity (Wildman–Crippen MR) is 104 cm³/mol. The summed E-state index contributed by atoms with van der Waals surface area (Å²) in [5, 5.41) is 6.36. The first-order valence-corrected chi connectivity index (χ1v) is 9.09. The lowest BCUT2D eigenvalue weighted by Gasteiger charge is -2.11. The van der Waals surface area contributed by atoms with Crippen LogP contribution in [0.25, 0.3) is 5.69 Å². The Hall–Kier alpha value is -3.00. The number of benzene rings is 2. The number of anilines is 1. The number of ether oxygens (including phenoxy) is 1. The summed E-state index contributed by atoms with van der Waals surface area (Å²) in [6, 6.07) is 14.2. The van der Waals surface area contributed by atoms with E-state index in [-0.39, 0.29) is 16.6 Å². The number of para-hydroxylation sites is 1. The van der Waals surface area contributed by atoms with Gasteiger partial charge in [-0.25, -0.2) is 0 Å². The van der Waals surface area contributed by atoms with E-state index in [1.165, 1.54) is 12.1 Å². The van der Waals surface area contributed by atoms with Crippen LogP contribution in [0.2, 0.25) is 5.02 Å². The molecule has 3 rings (SSSR count). The fraction of sp³-hybridized carbons (Fsp3) is 0.200. The van der Waals surface area contributed by atoms with Crippen LogP contribution in [0.1, 0.15) is 18.2 Å². The molecule has 0 radical (unpaired) electrons. The molecule has 0 aliphatic carbocycles. The van der Waals surface area contributed by atoms with Gasteiger partial charge >= 0.3 is 6.18 Å². The maximum Gasteiger partial charge on any atom is 0.435 e. The van der Waals surface area contributed by atoms with E-state index < -0.39 is 24.4 Å². The number of nitrogens with zero attached hydrogens (tertiary/aromatic N) is 2. The third kappa shape index (κ3) is 5.08. The molecule has 0 unspecified atom stereocenters. The molecule has 0 saturated carbocycles. The number of amides is 1. The van der Waals surface area contributed by atoms with Crippen LogP contribution in [0.3, 0.4) is 0 Å². The minimum atomic E-state index is -4.67. The second kappa shape index (κ2) is 8.57. The van der Waals surface area contributed by atoms with Crippen molar-refractivity contribution in [3.63, 3.8) is 0 Å². The van der Waals surface area contributed by atoms with Crippen molar-refractivity contribution >= 4 is 23.2 Å². The van der Waals surface area contributed by atoms with Crippen molar-refractivity contribution in [2.75, 3.05) is 11.9 Å². The highest BCUT2D eigenvalue weighted by molar-refractivity contribution is 6.32. The number of alkyl halides is 3. The Morgan fingerprint density at radius 1 is 1.17 bits per heavy atom. The van der Waals surface area contributed by atoms with Crippen molar-refractivity contribution in [1.82, 2.24) is 9.78 Å². The molecule has 152 valence electrons. The molecule has 0 spiro atoms. The van der Waals surface area contributed by atoms with Gasteiger partial charge in [-0.3, -0.25) is 4.79 Å². The zero-order chi connectivity index (χ0) is 21.0. The number of hydrogen-bond donors (Lipinski definition) is 1. The minimum absolute atomic E-state index is 0.189. The molecule has 1 heterocycles. The Labute approximate surface area is 170 Å². The van der Waals surface area contributed by atoms with Gasteiger partial charge in [0.2, 0.25) is 5.88 Å². The van der Waals surface area contributed by atoms with E-state index in [0.717, 1.165) is 22.7 Å². The van der Waals surface area contributed by atoms with Crippen molar-refractivity contribution in [3.05, 3.63) is 70.9 Å². The lowest BCUT2D eigenvalue weighted by atomic mass is 10.1. The van der Waals surface area contributed by atoms with Gasteiger partial charge in [-0.05, 0) is 36.2 Å². The Morgan fingerprint density at radius 2 is 1.86 bits per heavy atom. The van der Waals surface area contributed by atoms with Crippen LogP contribution < -0.4 is 10.1 Å². The van der Waals surface area contributed by atoms with Crippen LogP contribution in [0, 0.1) is 0 Å². The molecule has 1 aromatic heterocycles. The molecule has 0 aliphatic heterocycles. The molecule has 0 atom stereocenters. The summed E-state index contributed by atoms with van der Waals surface area (Å²) in [4.78, 5) is 12.1. The van der Waals surface area contributed by atoms with Crippen LogP contribution in [0.4, 0.5) is 18.9 Å². The largest absolute Gasteiger partial charge is 0.467 e. The molecule has 3 aromatic rings. The number of carbonyl (C=O) groups excluding carboxylic acids is 1. The van der Waals surface area contributed by atoms with E-state index in [4.69, 9.17) is 16.3 Å². The smallest absolute Gasteiger partial charge is 0.435 e. The van der Waals surface area contributed by atoms with Crippen LogP contribution in [-0.2, 0) is 17.4 Å². The van der Waals surface area contributed by atoms with Gasteiger partial charge in [0.05, 0.1) is 10.7 Å². The normalized spacial score (nSPS) is 11.3. The Bertz CT molecular complexity index is 1000. The van der Waals surface area contributed by atoms with E-state index in [1.807, 2.05) is 19.1 Å². The number of halogens is 4. The third-order valence-electron chi connectivity index (χ3n) is 4.04. The first-order valence-electron chi connectivity index (χ1n) is 8.71. The Morgan fingerprint density at radius 3 is 2.48 bits per heavy atom. The van der Waals surface area contributed by atoms with Crippen molar-refractivity contribution < 1.29 is 22.7 Å². The summed E-state index contributed by atoms with van der Waals surface area (Å²) >= 11 is 6.07. The molecular formula is C20H17ClF3N3O2. The molecule has 9 heteroatoms. The quantitative estimate of drug-likeness (QED) is 0.598. The fourth-order valence-corrected chi connectivity index (χ4v) is 2.78. The van der Waals surface area contributed by atoms with Crippen molar-refractivity contribution in [3.8, 4) is 11.6 Å². The molecule has 0 bridgehead atoms. The van der Waals surface area contributed by atoms with E-state index in [0.29, 0.717) is 5.69 Å². The Balaban J connectivity index is 1.78. The lowest BCUT2D eigenvalue weighted by Crippen LogP contribution is -2.21. The average molecular weight is 424 g/mol. The first kappa shape index (κ1) is 20.7.